The van der Waals surface area contributed by atoms with Gasteiger partial charge in [0.1, 0.15) is 5.82 Å². The van der Waals surface area contributed by atoms with Crippen molar-refractivity contribution in [1.29, 1.82) is 0 Å². The van der Waals surface area contributed by atoms with Crippen LogP contribution in [0.25, 0.3) is 11.3 Å². The SMILES string of the molecule is O=c1c(=O)n(C2CCC2)ccn1Cc1ccc(-c2ccccc2F)nc1. The number of pyridine rings is 1. The first-order valence-electron chi connectivity index (χ1n) is 8.65. The van der Waals surface area contributed by atoms with E-state index >= 15 is 0 Å². The Kier molecular flexibility index (Phi) is 4.24. The van der Waals surface area contributed by atoms with Gasteiger partial charge in [0.05, 0.1) is 12.2 Å². The van der Waals surface area contributed by atoms with Gasteiger partial charge in [-0.1, -0.05) is 18.2 Å². The molecule has 1 fully saturated rings. The molecule has 1 saturated carbocycles. The van der Waals surface area contributed by atoms with Crippen molar-refractivity contribution in [3.05, 3.63) is 87.1 Å². The lowest BCUT2D eigenvalue weighted by Crippen LogP contribution is -2.43. The van der Waals surface area contributed by atoms with Crippen LogP contribution in [0, 0.1) is 5.82 Å². The Morgan fingerprint density at radius 2 is 1.85 bits per heavy atom. The third kappa shape index (κ3) is 2.98. The third-order valence-corrected chi connectivity index (χ3v) is 4.88. The Hall–Kier alpha value is -3.02. The summed E-state index contributed by atoms with van der Waals surface area (Å²) in [5, 5.41) is 0. The summed E-state index contributed by atoms with van der Waals surface area (Å²) < 4.78 is 16.8. The lowest BCUT2D eigenvalue weighted by molar-refractivity contribution is 0.303. The second-order valence-corrected chi connectivity index (χ2v) is 6.56. The smallest absolute Gasteiger partial charge is 0.306 e. The molecule has 5 nitrogen and oxygen atoms in total. The minimum absolute atomic E-state index is 0.159. The molecule has 1 aliphatic rings. The van der Waals surface area contributed by atoms with Crippen molar-refractivity contribution in [2.45, 2.75) is 31.8 Å². The van der Waals surface area contributed by atoms with Gasteiger partial charge in [-0.25, -0.2) is 4.39 Å². The lowest BCUT2D eigenvalue weighted by atomic mass is 9.93. The number of hydrogen-bond acceptors (Lipinski definition) is 3. The van der Waals surface area contributed by atoms with Crippen molar-refractivity contribution >= 4 is 0 Å². The maximum absolute atomic E-state index is 13.8. The van der Waals surface area contributed by atoms with Gasteiger partial charge in [0.25, 0.3) is 0 Å². The van der Waals surface area contributed by atoms with E-state index in [1.807, 2.05) is 0 Å². The summed E-state index contributed by atoms with van der Waals surface area (Å²) in [6.45, 7) is 0.254. The van der Waals surface area contributed by atoms with Crippen LogP contribution >= 0.6 is 0 Å². The lowest BCUT2D eigenvalue weighted by Gasteiger charge is -2.27. The van der Waals surface area contributed by atoms with Gasteiger partial charge in [-0.15, -0.1) is 0 Å². The monoisotopic (exact) mass is 351 g/mol. The summed E-state index contributed by atoms with van der Waals surface area (Å²) in [6.07, 6.45) is 7.93. The van der Waals surface area contributed by atoms with Crippen LogP contribution in [-0.4, -0.2) is 14.1 Å². The van der Waals surface area contributed by atoms with E-state index in [9.17, 15) is 14.0 Å². The van der Waals surface area contributed by atoms with Gasteiger partial charge in [0, 0.05) is 30.2 Å². The molecule has 0 N–H and O–H groups in total. The molecule has 0 saturated heterocycles. The van der Waals surface area contributed by atoms with E-state index in [0.717, 1.165) is 24.8 Å². The van der Waals surface area contributed by atoms with Crippen LogP contribution in [-0.2, 0) is 6.54 Å². The van der Waals surface area contributed by atoms with Crippen LogP contribution in [0.3, 0.4) is 0 Å². The molecule has 6 heteroatoms. The molecule has 0 amide bonds. The van der Waals surface area contributed by atoms with E-state index in [1.165, 1.54) is 10.6 Å². The van der Waals surface area contributed by atoms with E-state index in [1.54, 1.807) is 53.5 Å². The third-order valence-electron chi connectivity index (χ3n) is 4.88. The van der Waals surface area contributed by atoms with Gasteiger partial charge < -0.3 is 9.13 Å². The average Bonchev–Trinajstić information content (AvgIpc) is 2.61. The fourth-order valence-electron chi connectivity index (χ4n) is 3.14. The number of hydrogen-bond donors (Lipinski definition) is 0. The molecule has 4 rings (SSSR count). The van der Waals surface area contributed by atoms with Gasteiger partial charge in [0.15, 0.2) is 0 Å². The van der Waals surface area contributed by atoms with Crippen molar-refractivity contribution in [1.82, 2.24) is 14.1 Å². The largest absolute Gasteiger partial charge is 0.316 e. The zero-order valence-corrected chi connectivity index (χ0v) is 14.1. The highest BCUT2D eigenvalue weighted by molar-refractivity contribution is 5.59. The van der Waals surface area contributed by atoms with Crippen LogP contribution in [0.2, 0.25) is 0 Å². The van der Waals surface area contributed by atoms with Gasteiger partial charge in [-0.05, 0) is 43.0 Å². The van der Waals surface area contributed by atoms with Crippen molar-refractivity contribution in [3.8, 4) is 11.3 Å². The predicted octanol–water partition coefficient (Wildman–Crippen LogP) is 2.98. The first-order chi connectivity index (χ1) is 12.6. The summed E-state index contributed by atoms with van der Waals surface area (Å²) >= 11 is 0. The van der Waals surface area contributed by atoms with Crippen LogP contribution in [0.4, 0.5) is 4.39 Å². The summed E-state index contributed by atoms with van der Waals surface area (Å²) in [6, 6.07) is 10.1. The molecule has 0 spiro atoms. The van der Waals surface area contributed by atoms with Gasteiger partial charge in [-0.3, -0.25) is 14.6 Å². The Bertz CT molecular complexity index is 1050. The zero-order valence-electron chi connectivity index (χ0n) is 14.1. The molecule has 0 radical (unpaired) electrons. The minimum Gasteiger partial charge on any atom is -0.306 e. The van der Waals surface area contributed by atoms with Gasteiger partial charge in [-0.2, -0.15) is 0 Å². The highest BCUT2D eigenvalue weighted by atomic mass is 19.1. The summed E-state index contributed by atoms with van der Waals surface area (Å²) in [7, 11) is 0. The highest BCUT2D eigenvalue weighted by Gasteiger charge is 2.21. The second kappa shape index (κ2) is 6.71. The van der Waals surface area contributed by atoms with E-state index < -0.39 is 11.1 Å². The van der Waals surface area contributed by atoms with Crippen LogP contribution in [0.1, 0.15) is 30.9 Å². The first-order valence-corrected chi connectivity index (χ1v) is 8.65. The Balaban J connectivity index is 1.58. The maximum atomic E-state index is 13.8. The first kappa shape index (κ1) is 16.4. The maximum Gasteiger partial charge on any atom is 0.316 e. The minimum atomic E-state index is -0.530. The molecule has 2 aromatic heterocycles. The van der Waals surface area contributed by atoms with Crippen LogP contribution in [0.5, 0.6) is 0 Å². The molecular formula is C20H18FN3O2. The van der Waals surface area contributed by atoms with Crippen LogP contribution < -0.4 is 11.1 Å². The molecule has 0 aliphatic heterocycles. The molecule has 132 valence electrons. The van der Waals surface area contributed by atoms with Crippen LogP contribution in [0.15, 0.2) is 64.6 Å². The zero-order chi connectivity index (χ0) is 18.1. The van der Waals surface area contributed by atoms with E-state index in [4.69, 9.17) is 0 Å². The quantitative estimate of drug-likeness (QED) is 0.679. The normalized spacial score (nSPS) is 14.2. The van der Waals surface area contributed by atoms with Crippen molar-refractivity contribution in [2.75, 3.05) is 0 Å². The topological polar surface area (TPSA) is 56.9 Å². The highest BCUT2D eigenvalue weighted by Crippen LogP contribution is 2.29. The standard InChI is InChI=1S/C20H18FN3O2/c21-17-7-2-1-6-16(17)18-9-8-14(12-22-18)13-23-10-11-24(15-4-3-5-15)20(26)19(23)25/h1-2,6-12,15H,3-5,13H2. The van der Waals surface area contributed by atoms with Gasteiger partial charge >= 0.3 is 11.1 Å². The molecule has 26 heavy (non-hydrogen) atoms. The van der Waals surface area contributed by atoms with Gasteiger partial charge in [0.2, 0.25) is 0 Å². The number of rotatable bonds is 4. The molecule has 1 aliphatic carbocycles. The molecule has 0 bridgehead atoms. The molecular weight excluding hydrogens is 333 g/mol. The summed E-state index contributed by atoms with van der Waals surface area (Å²) in [5.74, 6) is -0.330. The predicted molar refractivity (Wildman–Crippen MR) is 96.6 cm³/mol. The number of nitrogens with zero attached hydrogens (tertiary/aromatic N) is 3. The fourth-order valence-corrected chi connectivity index (χ4v) is 3.14. The summed E-state index contributed by atoms with van der Waals surface area (Å²) in [4.78, 5) is 28.9. The van der Waals surface area contributed by atoms with E-state index in [2.05, 4.69) is 4.98 Å². The molecule has 0 unspecified atom stereocenters. The van der Waals surface area contributed by atoms with Crippen molar-refractivity contribution in [3.63, 3.8) is 0 Å². The molecule has 2 heterocycles. The number of benzene rings is 1. The Labute approximate surface area is 149 Å². The number of aromatic nitrogens is 3. The second-order valence-electron chi connectivity index (χ2n) is 6.56. The average molecular weight is 351 g/mol. The molecule has 1 aromatic carbocycles. The Morgan fingerprint density at radius 1 is 1.04 bits per heavy atom. The Morgan fingerprint density at radius 3 is 2.50 bits per heavy atom. The number of halogens is 1. The molecule has 0 atom stereocenters. The van der Waals surface area contributed by atoms with E-state index in [0.29, 0.717) is 11.3 Å². The van der Waals surface area contributed by atoms with E-state index in [-0.39, 0.29) is 18.4 Å². The molecule has 3 aromatic rings. The summed E-state index contributed by atoms with van der Waals surface area (Å²) in [5.41, 5.74) is 0.720. The fraction of sp³-hybridized carbons (Fsp3) is 0.250. The van der Waals surface area contributed by atoms with Crippen molar-refractivity contribution in [2.24, 2.45) is 0 Å². The van der Waals surface area contributed by atoms with Crippen molar-refractivity contribution < 1.29 is 4.39 Å².